The summed E-state index contributed by atoms with van der Waals surface area (Å²) in [5.41, 5.74) is 2.38. The van der Waals surface area contributed by atoms with E-state index in [0.29, 0.717) is 0 Å². The normalized spacial score (nSPS) is 10.4. The molecule has 0 saturated carbocycles. The van der Waals surface area contributed by atoms with Crippen LogP contribution in [-0.2, 0) is 6.54 Å². The Kier molecular flexibility index (Phi) is 2.60. The lowest BCUT2D eigenvalue weighted by Gasteiger charge is -2.08. The van der Waals surface area contributed by atoms with E-state index in [4.69, 9.17) is 0 Å². The van der Waals surface area contributed by atoms with Gasteiger partial charge in [-0.3, -0.25) is 0 Å². The van der Waals surface area contributed by atoms with Gasteiger partial charge in [-0.05, 0) is 24.7 Å². The molecule has 2 rings (SSSR count). The van der Waals surface area contributed by atoms with E-state index >= 15 is 0 Å². The number of hydrogen-bond donors (Lipinski definition) is 1. The topological polar surface area (TPSA) is 29.9 Å². The van der Waals surface area contributed by atoms with Crippen LogP contribution in [0.3, 0.4) is 0 Å². The predicted molar refractivity (Wildman–Crippen MR) is 56.3 cm³/mol. The highest BCUT2D eigenvalue weighted by Crippen LogP contribution is 2.12. The lowest BCUT2D eigenvalue weighted by atomic mass is 10.2. The second-order valence-electron chi connectivity index (χ2n) is 3.11. The van der Waals surface area contributed by atoms with Crippen LogP contribution >= 0.6 is 0 Å². The third-order valence-corrected chi connectivity index (χ3v) is 2.11. The Hall–Kier alpha value is -1.61. The van der Waals surface area contributed by atoms with Gasteiger partial charge in [-0.2, -0.15) is 5.10 Å². The van der Waals surface area contributed by atoms with E-state index in [1.807, 2.05) is 36.1 Å². The molecule has 0 aliphatic rings. The van der Waals surface area contributed by atoms with Gasteiger partial charge >= 0.3 is 0 Å². The zero-order valence-corrected chi connectivity index (χ0v) is 8.14. The van der Waals surface area contributed by atoms with Gasteiger partial charge in [-0.1, -0.05) is 18.2 Å². The van der Waals surface area contributed by atoms with Crippen molar-refractivity contribution in [3.63, 3.8) is 0 Å². The van der Waals surface area contributed by atoms with Gasteiger partial charge in [0, 0.05) is 18.9 Å². The van der Waals surface area contributed by atoms with E-state index in [2.05, 4.69) is 22.5 Å². The molecular formula is C11H13N3. The van der Waals surface area contributed by atoms with Crippen LogP contribution in [0.4, 0.5) is 0 Å². The molecule has 0 saturated heterocycles. The first kappa shape index (κ1) is 8.97. The average molecular weight is 187 g/mol. The maximum Gasteiger partial charge on any atom is 0.0690 e. The van der Waals surface area contributed by atoms with E-state index < -0.39 is 0 Å². The minimum absolute atomic E-state index is 0.857. The summed E-state index contributed by atoms with van der Waals surface area (Å²) in [5, 5.41) is 7.36. The number of aromatic nitrogens is 2. The van der Waals surface area contributed by atoms with Crippen LogP contribution in [-0.4, -0.2) is 16.8 Å². The number of para-hydroxylation sites is 1. The third kappa shape index (κ3) is 1.67. The van der Waals surface area contributed by atoms with Gasteiger partial charge in [-0.25, -0.2) is 4.68 Å². The summed E-state index contributed by atoms with van der Waals surface area (Å²) < 4.78 is 1.88. The summed E-state index contributed by atoms with van der Waals surface area (Å²) in [6.45, 7) is 0.857. The zero-order chi connectivity index (χ0) is 9.80. The number of hydrogen-bond acceptors (Lipinski definition) is 2. The molecule has 3 heteroatoms. The van der Waals surface area contributed by atoms with Gasteiger partial charge < -0.3 is 5.32 Å². The van der Waals surface area contributed by atoms with Crippen LogP contribution in [0, 0.1) is 0 Å². The smallest absolute Gasteiger partial charge is 0.0690 e. The summed E-state index contributed by atoms with van der Waals surface area (Å²) in [7, 11) is 1.94. The predicted octanol–water partition coefficient (Wildman–Crippen LogP) is 1.59. The molecule has 1 aromatic heterocycles. The standard InChI is InChI=1S/C11H13N3/c1-12-9-10-5-2-3-6-11(10)14-8-4-7-13-14/h2-8,12H,9H2,1H3. The highest BCUT2D eigenvalue weighted by Gasteiger charge is 2.01. The van der Waals surface area contributed by atoms with Crippen molar-refractivity contribution in [2.75, 3.05) is 7.05 Å². The molecule has 2 aromatic rings. The fraction of sp³-hybridized carbons (Fsp3) is 0.182. The van der Waals surface area contributed by atoms with Crippen LogP contribution in [0.1, 0.15) is 5.56 Å². The molecule has 72 valence electrons. The van der Waals surface area contributed by atoms with Gasteiger partial charge in [0.2, 0.25) is 0 Å². The summed E-state index contributed by atoms with van der Waals surface area (Å²) in [5.74, 6) is 0. The van der Waals surface area contributed by atoms with Crippen molar-refractivity contribution in [2.45, 2.75) is 6.54 Å². The van der Waals surface area contributed by atoms with Gasteiger partial charge in [-0.15, -0.1) is 0 Å². The Labute approximate surface area is 83.4 Å². The first-order valence-electron chi connectivity index (χ1n) is 4.64. The second kappa shape index (κ2) is 4.07. The summed E-state index contributed by atoms with van der Waals surface area (Å²) >= 11 is 0. The van der Waals surface area contributed by atoms with Gasteiger partial charge in [0.25, 0.3) is 0 Å². The van der Waals surface area contributed by atoms with Crippen molar-refractivity contribution < 1.29 is 0 Å². The summed E-state index contributed by atoms with van der Waals surface area (Å²) in [6.07, 6.45) is 3.74. The Morgan fingerprint density at radius 1 is 1.29 bits per heavy atom. The second-order valence-corrected chi connectivity index (χ2v) is 3.11. The lowest BCUT2D eigenvalue weighted by Crippen LogP contribution is -2.09. The summed E-state index contributed by atoms with van der Waals surface area (Å²) in [4.78, 5) is 0. The van der Waals surface area contributed by atoms with Crippen molar-refractivity contribution in [3.8, 4) is 5.69 Å². The number of rotatable bonds is 3. The van der Waals surface area contributed by atoms with Crippen LogP contribution in [0.25, 0.3) is 5.69 Å². The Balaban J connectivity index is 2.42. The molecule has 1 heterocycles. The van der Waals surface area contributed by atoms with Crippen molar-refractivity contribution in [3.05, 3.63) is 48.3 Å². The number of nitrogens with zero attached hydrogens (tertiary/aromatic N) is 2. The quantitative estimate of drug-likeness (QED) is 0.790. The van der Waals surface area contributed by atoms with Crippen LogP contribution in [0.2, 0.25) is 0 Å². The van der Waals surface area contributed by atoms with E-state index in [1.54, 1.807) is 6.20 Å². The highest BCUT2D eigenvalue weighted by atomic mass is 15.3. The molecule has 0 spiro atoms. The fourth-order valence-electron chi connectivity index (χ4n) is 1.49. The molecule has 0 radical (unpaired) electrons. The monoisotopic (exact) mass is 187 g/mol. The van der Waals surface area contributed by atoms with Crippen molar-refractivity contribution in [1.29, 1.82) is 0 Å². The Morgan fingerprint density at radius 3 is 2.86 bits per heavy atom. The molecule has 0 aliphatic heterocycles. The maximum atomic E-state index is 4.22. The van der Waals surface area contributed by atoms with Gasteiger partial charge in [0.05, 0.1) is 5.69 Å². The molecule has 0 aliphatic carbocycles. The SMILES string of the molecule is CNCc1ccccc1-n1cccn1. The van der Waals surface area contributed by atoms with E-state index in [0.717, 1.165) is 12.2 Å². The van der Waals surface area contributed by atoms with E-state index in [9.17, 15) is 0 Å². The molecular weight excluding hydrogens is 174 g/mol. The molecule has 0 unspecified atom stereocenters. The Morgan fingerprint density at radius 2 is 2.14 bits per heavy atom. The molecule has 1 aromatic carbocycles. The molecule has 14 heavy (non-hydrogen) atoms. The highest BCUT2D eigenvalue weighted by molar-refractivity contribution is 5.39. The third-order valence-electron chi connectivity index (χ3n) is 2.11. The maximum absolute atomic E-state index is 4.22. The largest absolute Gasteiger partial charge is 0.316 e. The molecule has 0 fully saturated rings. The van der Waals surface area contributed by atoms with E-state index in [1.165, 1.54) is 5.56 Å². The molecule has 3 nitrogen and oxygen atoms in total. The van der Waals surface area contributed by atoms with E-state index in [-0.39, 0.29) is 0 Å². The van der Waals surface area contributed by atoms with Crippen molar-refractivity contribution in [2.24, 2.45) is 0 Å². The van der Waals surface area contributed by atoms with Crippen LogP contribution in [0.5, 0.6) is 0 Å². The van der Waals surface area contributed by atoms with Crippen molar-refractivity contribution in [1.82, 2.24) is 15.1 Å². The first-order valence-corrected chi connectivity index (χ1v) is 4.64. The van der Waals surface area contributed by atoms with Crippen LogP contribution < -0.4 is 5.32 Å². The van der Waals surface area contributed by atoms with Gasteiger partial charge in [0.1, 0.15) is 0 Å². The lowest BCUT2D eigenvalue weighted by molar-refractivity contribution is 0.789. The van der Waals surface area contributed by atoms with Crippen molar-refractivity contribution >= 4 is 0 Å². The van der Waals surface area contributed by atoms with Crippen LogP contribution in [0.15, 0.2) is 42.7 Å². The minimum atomic E-state index is 0.857. The first-order chi connectivity index (χ1) is 6.92. The fourth-order valence-corrected chi connectivity index (χ4v) is 1.49. The minimum Gasteiger partial charge on any atom is -0.316 e. The summed E-state index contributed by atoms with van der Waals surface area (Å²) in [6, 6.07) is 10.2. The average Bonchev–Trinajstić information content (AvgIpc) is 2.72. The number of benzene rings is 1. The molecule has 0 bridgehead atoms. The number of nitrogens with one attached hydrogen (secondary N) is 1. The molecule has 0 amide bonds. The zero-order valence-electron chi connectivity index (χ0n) is 8.14. The molecule has 0 atom stereocenters. The van der Waals surface area contributed by atoms with Gasteiger partial charge in [0.15, 0.2) is 0 Å². The Bertz CT molecular complexity index is 393. The molecule has 1 N–H and O–H groups in total.